The van der Waals surface area contributed by atoms with Gasteiger partial charge in [-0.3, -0.25) is 4.79 Å². The van der Waals surface area contributed by atoms with E-state index in [4.69, 9.17) is 0 Å². The zero-order valence-electron chi connectivity index (χ0n) is 12.3. The lowest BCUT2D eigenvalue weighted by Crippen LogP contribution is -2.44. The van der Waals surface area contributed by atoms with E-state index in [-0.39, 0.29) is 11.7 Å². The molecule has 2 aromatic rings. The molecular weight excluding hydrogens is 269 g/mol. The highest BCUT2D eigenvalue weighted by Crippen LogP contribution is 2.20. The zero-order valence-corrected chi connectivity index (χ0v) is 12.3. The summed E-state index contributed by atoms with van der Waals surface area (Å²) < 4.78 is 14.8. The molecule has 0 radical (unpaired) electrons. The van der Waals surface area contributed by atoms with Gasteiger partial charge in [0.2, 0.25) is 5.91 Å². The Morgan fingerprint density at radius 2 is 2.24 bits per heavy atom. The van der Waals surface area contributed by atoms with E-state index >= 15 is 0 Å². The van der Waals surface area contributed by atoms with E-state index in [0.29, 0.717) is 23.8 Å². The van der Waals surface area contributed by atoms with Crippen molar-refractivity contribution >= 4 is 11.6 Å². The molecule has 1 aliphatic rings. The quantitative estimate of drug-likeness (QED) is 0.871. The van der Waals surface area contributed by atoms with Crippen LogP contribution in [0.3, 0.4) is 0 Å². The maximum Gasteiger partial charge on any atom is 0.228 e. The lowest BCUT2D eigenvalue weighted by atomic mass is 9.99. The Labute approximate surface area is 123 Å². The van der Waals surface area contributed by atoms with Crippen LogP contribution in [0.2, 0.25) is 0 Å². The summed E-state index contributed by atoms with van der Waals surface area (Å²) in [7, 11) is 0. The third kappa shape index (κ3) is 2.91. The van der Waals surface area contributed by atoms with E-state index in [1.54, 1.807) is 16.7 Å². The van der Waals surface area contributed by atoms with Crippen molar-refractivity contribution in [3.63, 3.8) is 0 Å². The van der Waals surface area contributed by atoms with Gasteiger partial charge in [0.05, 0.1) is 12.1 Å². The number of aromatic nitrogens is 2. The Morgan fingerprint density at radius 1 is 1.38 bits per heavy atom. The predicted molar refractivity (Wildman–Crippen MR) is 78.5 cm³/mol. The van der Waals surface area contributed by atoms with Gasteiger partial charge in [-0.05, 0) is 37.8 Å². The monoisotopic (exact) mass is 289 g/mol. The molecule has 21 heavy (non-hydrogen) atoms. The van der Waals surface area contributed by atoms with E-state index in [2.05, 4.69) is 11.9 Å². The number of imidazole rings is 1. The fourth-order valence-corrected chi connectivity index (χ4v) is 3.11. The standard InChI is InChI=1S/C16H20FN3O/c1-2-14-5-3-4-8-20(14)16(21)9-13-11-19-10-12(17)6-7-15(19)18-13/h6-7,10-11,14H,2-5,8-9H2,1H3. The summed E-state index contributed by atoms with van der Waals surface area (Å²) in [5.41, 5.74) is 1.37. The van der Waals surface area contributed by atoms with Gasteiger partial charge in [0.1, 0.15) is 11.5 Å². The molecule has 2 aromatic heterocycles. The first-order chi connectivity index (χ1) is 10.2. The number of rotatable bonds is 3. The number of nitrogens with zero attached hydrogens (tertiary/aromatic N) is 3. The van der Waals surface area contributed by atoms with Gasteiger partial charge in [-0.1, -0.05) is 6.92 Å². The largest absolute Gasteiger partial charge is 0.339 e. The normalized spacial score (nSPS) is 19.1. The Hall–Kier alpha value is -1.91. The number of carbonyl (C=O) groups excluding carboxylic acids is 1. The van der Waals surface area contributed by atoms with Crippen LogP contribution in [0.4, 0.5) is 4.39 Å². The van der Waals surface area contributed by atoms with Crippen LogP contribution in [0.25, 0.3) is 5.65 Å². The highest BCUT2D eigenvalue weighted by atomic mass is 19.1. The molecule has 5 heteroatoms. The zero-order chi connectivity index (χ0) is 14.8. The van der Waals surface area contributed by atoms with Gasteiger partial charge < -0.3 is 9.30 Å². The minimum absolute atomic E-state index is 0.130. The lowest BCUT2D eigenvalue weighted by molar-refractivity contribution is -0.134. The van der Waals surface area contributed by atoms with Crippen LogP contribution in [-0.4, -0.2) is 32.8 Å². The smallest absolute Gasteiger partial charge is 0.228 e. The Bertz CT molecular complexity index is 652. The Morgan fingerprint density at radius 3 is 3.05 bits per heavy atom. The second-order valence-corrected chi connectivity index (χ2v) is 5.67. The molecule has 0 aromatic carbocycles. The summed E-state index contributed by atoms with van der Waals surface area (Å²) in [4.78, 5) is 18.9. The number of pyridine rings is 1. The third-order valence-electron chi connectivity index (χ3n) is 4.22. The fraction of sp³-hybridized carbons (Fsp3) is 0.500. The molecule has 1 aliphatic heterocycles. The summed E-state index contributed by atoms with van der Waals surface area (Å²) in [5.74, 6) is -0.176. The highest BCUT2D eigenvalue weighted by Gasteiger charge is 2.25. The Balaban J connectivity index is 1.76. The van der Waals surface area contributed by atoms with Crippen LogP contribution in [-0.2, 0) is 11.2 Å². The molecule has 0 aliphatic carbocycles. The van der Waals surface area contributed by atoms with Crippen molar-refractivity contribution in [2.45, 2.75) is 45.1 Å². The molecular formula is C16H20FN3O. The molecule has 1 amide bonds. The van der Waals surface area contributed by atoms with E-state index in [1.807, 2.05) is 4.90 Å². The van der Waals surface area contributed by atoms with Crippen molar-refractivity contribution in [3.8, 4) is 0 Å². The predicted octanol–water partition coefficient (Wildman–Crippen LogP) is 2.81. The molecule has 1 atom stereocenters. The molecule has 0 N–H and O–H groups in total. The number of halogens is 1. The molecule has 3 rings (SSSR count). The maximum absolute atomic E-state index is 13.2. The second-order valence-electron chi connectivity index (χ2n) is 5.67. The van der Waals surface area contributed by atoms with Gasteiger partial charge in [-0.2, -0.15) is 0 Å². The van der Waals surface area contributed by atoms with Crippen LogP contribution < -0.4 is 0 Å². The number of carbonyl (C=O) groups is 1. The van der Waals surface area contributed by atoms with Gasteiger partial charge in [0.15, 0.2) is 0 Å². The molecule has 4 nitrogen and oxygen atoms in total. The number of fused-ring (bicyclic) bond motifs is 1. The average Bonchev–Trinajstić information content (AvgIpc) is 2.88. The van der Waals surface area contributed by atoms with Crippen molar-refractivity contribution in [1.82, 2.24) is 14.3 Å². The summed E-state index contributed by atoms with van der Waals surface area (Å²) in [6, 6.07) is 3.37. The molecule has 0 bridgehead atoms. The highest BCUT2D eigenvalue weighted by molar-refractivity contribution is 5.79. The summed E-state index contributed by atoms with van der Waals surface area (Å²) in [6.07, 6.45) is 7.79. The third-order valence-corrected chi connectivity index (χ3v) is 4.22. The number of hydrogen-bond donors (Lipinski definition) is 0. The summed E-state index contributed by atoms with van der Waals surface area (Å²) >= 11 is 0. The lowest BCUT2D eigenvalue weighted by Gasteiger charge is -2.35. The number of likely N-dealkylation sites (tertiary alicyclic amines) is 1. The van der Waals surface area contributed by atoms with Crippen molar-refractivity contribution in [2.24, 2.45) is 0 Å². The average molecular weight is 289 g/mol. The molecule has 3 heterocycles. The SMILES string of the molecule is CCC1CCCCN1C(=O)Cc1cn2cc(F)ccc2n1. The van der Waals surface area contributed by atoms with E-state index in [1.165, 1.54) is 18.7 Å². The first-order valence-corrected chi connectivity index (χ1v) is 7.60. The molecule has 0 saturated carbocycles. The molecule has 1 fully saturated rings. The van der Waals surface area contributed by atoms with E-state index in [9.17, 15) is 9.18 Å². The van der Waals surface area contributed by atoms with Gasteiger partial charge in [0, 0.05) is 25.0 Å². The fourth-order valence-electron chi connectivity index (χ4n) is 3.11. The van der Waals surface area contributed by atoms with Crippen LogP contribution in [0.15, 0.2) is 24.5 Å². The number of amides is 1. The van der Waals surface area contributed by atoms with E-state index in [0.717, 1.165) is 25.8 Å². The number of hydrogen-bond acceptors (Lipinski definition) is 2. The van der Waals surface area contributed by atoms with Gasteiger partial charge in [-0.15, -0.1) is 0 Å². The molecule has 1 saturated heterocycles. The van der Waals surface area contributed by atoms with Gasteiger partial charge in [-0.25, -0.2) is 9.37 Å². The van der Waals surface area contributed by atoms with Gasteiger partial charge in [0.25, 0.3) is 0 Å². The van der Waals surface area contributed by atoms with Crippen LogP contribution in [0.5, 0.6) is 0 Å². The molecule has 0 spiro atoms. The van der Waals surface area contributed by atoms with Crippen LogP contribution in [0.1, 0.15) is 38.3 Å². The first kappa shape index (κ1) is 14.0. The van der Waals surface area contributed by atoms with Gasteiger partial charge >= 0.3 is 0 Å². The minimum atomic E-state index is -0.306. The molecule has 112 valence electrons. The topological polar surface area (TPSA) is 37.6 Å². The number of piperidine rings is 1. The van der Waals surface area contributed by atoms with E-state index < -0.39 is 0 Å². The first-order valence-electron chi connectivity index (χ1n) is 7.60. The summed E-state index contributed by atoms with van der Waals surface area (Å²) in [6.45, 7) is 2.98. The molecule has 1 unspecified atom stereocenters. The maximum atomic E-state index is 13.2. The Kier molecular flexibility index (Phi) is 3.90. The van der Waals surface area contributed by atoms with Crippen molar-refractivity contribution < 1.29 is 9.18 Å². The van der Waals surface area contributed by atoms with Crippen molar-refractivity contribution in [3.05, 3.63) is 36.0 Å². The second kappa shape index (κ2) is 5.84. The minimum Gasteiger partial charge on any atom is -0.339 e. The van der Waals surface area contributed by atoms with Crippen LogP contribution >= 0.6 is 0 Å². The summed E-state index contributed by atoms with van der Waals surface area (Å²) in [5, 5.41) is 0. The van der Waals surface area contributed by atoms with Crippen molar-refractivity contribution in [2.75, 3.05) is 6.54 Å². The van der Waals surface area contributed by atoms with Crippen LogP contribution in [0, 0.1) is 5.82 Å². The van der Waals surface area contributed by atoms with Crippen molar-refractivity contribution in [1.29, 1.82) is 0 Å².